The predicted octanol–water partition coefficient (Wildman–Crippen LogP) is 1.72. The van der Waals surface area contributed by atoms with Gasteiger partial charge in [-0.3, -0.25) is 4.79 Å². The first kappa shape index (κ1) is 17.4. The molecule has 1 aromatic carbocycles. The molecule has 5 nitrogen and oxygen atoms in total. The van der Waals surface area contributed by atoms with Crippen molar-refractivity contribution in [2.45, 2.75) is 25.2 Å². The highest BCUT2D eigenvalue weighted by Crippen LogP contribution is 2.48. The first-order chi connectivity index (χ1) is 11.3. The van der Waals surface area contributed by atoms with Crippen LogP contribution in [-0.2, 0) is 14.8 Å². The van der Waals surface area contributed by atoms with Crippen molar-refractivity contribution in [3.8, 4) is 0 Å². The minimum atomic E-state index is -3.16. The van der Waals surface area contributed by atoms with E-state index in [1.165, 1.54) is 12.1 Å². The molecule has 2 aliphatic rings. The second-order valence-corrected chi connectivity index (χ2v) is 8.73. The average molecular weight is 354 g/mol. The Balaban J connectivity index is 1.48. The highest BCUT2D eigenvalue weighted by atomic mass is 32.2. The van der Waals surface area contributed by atoms with Crippen LogP contribution in [0.2, 0.25) is 0 Å². The summed E-state index contributed by atoms with van der Waals surface area (Å²) in [4.78, 5) is 14.4. The van der Waals surface area contributed by atoms with Crippen LogP contribution >= 0.6 is 0 Å². The molecule has 1 aliphatic carbocycles. The monoisotopic (exact) mass is 354 g/mol. The molecule has 1 amide bonds. The summed E-state index contributed by atoms with van der Waals surface area (Å²) in [5.74, 6) is 0.279. The smallest absolute Gasteiger partial charge is 0.226 e. The Morgan fingerprint density at radius 3 is 2.67 bits per heavy atom. The fourth-order valence-electron chi connectivity index (χ4n) is 3.43. The van der Waals surface area contributed by atoms with E-state index in [-0.39, 0.29) is 29.5 Å². The van der Waals surface area contributed by atoms with Crippen LogP contribution in [0, 0.1) is 17.7 Å². The number of sulfonamides is 1. The fourth-order valence-corrected chi connectivity index (χ4v) is 3.97. The zero-order valence-electron chi connectivity index (χ0n) is 13.7. The average Bonchev–Trinajstić information content (AvgIpc) is 3.33. The summed E-state index contributed by atoms with van der Waals surface area (Å²) >= 11 is 0. The van der Waals surface area contributed by atoms with Crippen LogP contribution < -0.4 is 4.72 Å². The van der Waals surface area contributed by atoms with Gasteiger partial charge in [0.2, 0.25) is 15.9 Å². The summed E-state index contributed by atoms with van der Waals surface area (Å²) in [6.07, 6.45) is 3.57. The van der Waals surface area contributed by atoms with Gasteiger partial charge in [-0.05, 0) is 48.8 Å². The number of nitrogens with zero attached hydrogens (tertiary/aromatic N) is 1. The normalized spacial score (nSPS) is 24.8. The molecule has 1 saturated carbocycles. The third-order valence-corrected chi connectivity index (χ3v) is 5.64. The Morgan fingerprint density at radius 2 is 2.04 bits per heavy atom. The van der Waals surface area contributed by atoms with Gasteiger partial charge < -0.3 is 4.90 Å². The Hall–Kier alpha value is -1.47. The lowest BCUT2D eigenvalue weighted by Crippen LogP contribution is -2.42. The van der Waals surface area contributed by atoms with Gasteiger partial charge in [0.1, 0.15) is 5.82 Å². The van der Waals surface area contributed by atoms with Crippen LogP contribution in [-0.4, -0.2) is 45.1 Å². The molecule has 1 N–H and O–H groups in total. The Bertz CT molecular complexity index is 714. The molecule has 2 atom stereocenters. The lowest BCUT2D eigenvalue weighted by atomic mass is 9.96. The van der Waals surface area contributed by atoms with Crippen molar-refractivity contribution >= 4 is 15.9 Å². The lowest BCUT2D eigenvalue weighted by Gasteiger charge is -2.32. The number of likely N-dealkylation sites (tertiary alicyclic amines) is 1. The van der Waals surface area contributed by atoms with E-state index in [0.29, 0.717) is 19.6 Å². The van der Waals surface area contributed by atoms with Crippen molar-refractivity contribution in [3.05, 3.63) is 35.6 Å². The maximum atomic E-state index is 13.3. The van der Waals surface area contributed by atoms with Gasteiger partial charge in [-0.2, -0.15) is 0 Å². The van der Waals surface area contributed by atoms with Crippen LogP contribution in [0.15, 0.2) is 24.3 Å². The van der Waals surface area contributed by atoms with E-state index < -0.39 is 10.0 Å². The Morgan fingerprint density at radius 1 is 1.33 bits per heavy atom. The minimum Gasteiger partial charge on any atom is -0.342 e. The number of amides is 1. The predicted molar refractivity (Wildman–Crippen MR) is 89.4 cm³/mol. The van der Waals surface area contributed by atoms with E-state index in [1.54, 1.807) is 6.07 Å². The number of benzene rings is 1. The van der Waals surface area contributed by atoms with Gasteiger partial charge in [0.05, 0.1) is 6.26 Å². The number of carbonyl (C=O) groups is 1. The molecule has 0 radical (unpaired) electrons. The van der Waals surface area contributed by atoms with Crippen LogP contribution in [0.25, 0.3) is 0 Å². The molecule has 1 saturated heterocycles. The Labute approximate surface area is 142 Å². The van der Waals surface area contributed by atoms with Gasteiger partial charge in [-0.25, -0.2) is 17.5 Å². The molecular formula is C17H23FN2O3S. The number of hydrogen-bond donors (Lipinski definition) is 1. The number of carbonyl (C=O) groups excluding carboxylic acids is 1. The van der Waals surface area contributed by atoms with Gasteiger partial charge in [-0.15, -0.1) is 0 Å². The van der Waals surface area contributed by atoms with Gasteiger partial charge in [0.25, 0.3) is 0 Å². The molecule has 1 heterocycles. The molecular weight excluding hydrogens is 331 g/mol. The van der Waals surface area contributed by atoms with Crippen molar-refractivity contribution in [2.75, 3.05) is 25.9 Å². The molecule has 2 fully saturated rings. The molecule has 0 aromatic heterocycles. The fraction of sp³-hybridized carbons (Fsp3) is 0.588. The summed E-state index contributed by atoms with van der Waals surface area (Å²) in [6, 6.07) is 6.49. The third-order valence-electron chi connectivity index (χ3n) is 4.94. The number of hydrogen-bond acceptors (Lipinski definition) is 3. The molecule has 0 spiro atoms. The molecule has 0 unspecified atom stereocenters. The summed E-state index contributed by atoms with van der Waals surface area (Å²) in [5, 5.41) is 0. The van der Waals surface area contributed by atoms with E-state index in [2.05, 4.69) is 4.72 Å². The highest BCUT2D eigenvalue weighted by molar-refractivity contribution is 7.88. The van der Waals surface area contributed by atoms with Crippen molar-refractivity contribution < 1.29 is 17.6 Å². The molecule has 0 bridgehead atoms. The zero-order chi connectivity index (χ0) is 17.3. The SMILES string of the molecule is CS(=O)(=O)NCC1CCN(C(=O)[C@H]2C[C@@H]2c2cccc(F)c2)CC1. The van der Waals surface area contributed by atoms with Gasteiger partial charge in [0.15, 0.2) is 0 Å². The van der Waals surface area contributed by atoms with E-state index in [1.807, 2.05) is 11.0 Å². The summed E-state index contributed by atoms with van der Waals surface area (Å²) < 4.78 is 38.1. The van der Waals surface area contributed by atoms with Crippen molar-refractivity contribution in [1.82, 2.24) is 9.62 Å². The summed E-state index contributed by atoms with van der Waals surface area (Å²) in [7, 11) is -3.16. The molecule has 1 aliphatic heterocycles. The number of nitrogens with one attached hydrogen (secondary N) is 1. The quantitative estimate of drug-likeness (QED) is 0.875. The van der Waals surface area contributed by atoms with E-state index in [4.69, 9.17) is 0 Å². The van der Waals surface area contributed by atoms with E-state index in [0.717, 1.165) is 31.1 Å². The van der Waals surface area contributed by atoms with Crippen LogP contribution in [0.4, 0.5) is 4.39 Å². The largest absolute Gasteiger partial charge is 0.342 e. The van der Waals surface area contributed by atoms with E-state index >= 15 is 0 Å². The molecule has 132 valence electrons. The first-order valence-corrected chi connectivity index (χ1v) is 10.2. The molecule has 7 heteroatoms. The minimum absolute atomic E-state index is 0.0301. The standard InChI is InChI=1S/C17H23FN2O3S/c1-24(22,23)19-11-12-5-7-20(8-6-12)17(21)16-10-15(16)13-3-2-4-14(18)9-13/h2-4,9,12,15-16,19H,5-8,10-11H2,1H3/t15-,16+/m1/s1. The van der Waals surface area contributed by atoms with Gasteiger partial charge in [-0.1, -0.05) is 12.1 Å². The van der Waals surface area contributed by atoms with Gasteiger partial charge in [0, 0.05) is 25.6 Å². The molecule has 1 aromatic rings. The van der Waals surface area contributed by atoms with E-state index in [9.17, 15) is 17.6 Å². The van der Waals surface area contributed by atoms with Crippen molar-refractivity contribution in [1.29, 1.82) is 0 Å². The maximum Gasteiger partial charge on any atom is 0.226 e. The lowest BCUT2D eigenvalue weighted by molar-refractivity contribution is -0.134. The van der Waals surface area contributed by atoms with Crippen LogP contribution in [0.3, 0.4) is 0 Å². The third kappa shape index (κ3) is 4.33. The molecule has 3 rings (SSSR count). The summed E-state index contributed by atoms with van der Waals surface area (Å²) in [5.41, 5.74) is 0.903. The molecule has 24 heavy (non-hydrogen) atoms. The van der Waals surface area contributed by atoms with Crippen molar-refractivity contribution in [3.63, 3.8) is 0 Å². The van der Waals surface area contributed by atoms with Crippen molar-refractivity contribution in [2.24, 2.45) is 11.8 Å². The second-order valence-electron chi connectivity index (χ2n) is 6.89. The zero-order valence-corrected chi connectivity index (χ0v) is 14.6. The second kappa shape index (κ2) is 6.80. The van der Waals surface area contributed by atoms with Crippen LogP contribution in [0.1, 0.15) is 30.7 Å². The topological polar surface area (TPSA) is 66.5 Å². The highest BCUT2D eigenvalue weighted by Gasteiger charge is 2.46. The first-order valence-electron chi connectivity index (χ1n) is 8.32. The van der Waals surface area contributed by atoms with Gasteiger partial charge >= 0.3 is 0 Å². The number of rotatable bonds is 5. The summed E-state index contributed by atoms with van der Waals surface area (Å²) in [6.45, 7) is 1.78. The number of piperidine rings is 1. The Kier molecular flexibility index (Phi) is 4.92. The number of halogens is 1. The maximum absolute atomic E-state index is 13.3. The van der Waals surface area contributed by atoms with Crippen LogP contribution in [0.5, 0.6) is 0 Å².